The van der Waals surface area contributed by atoms with E-state index in [-0.39, 0.29) is 4.90 Å². The number of nitrogens with two attached hydrogens (primary N) is 1. The third-order valence-electron chi connectivity index (χ3n) is 2.55. The molecule has 2 aromatic rings. The highest BCUT2D eigenvalue weighted by atomic mass is 32.2. The van der Waals surface area contributed by atoms with Gasteiger partial charge in [0.25, 0.3) is 0 Å². The van der Waals surface area contributed by atoms with Gasteiger partial charge >= 0.3 is 0 Å². The predicted molar refractivity (Wildman–Crippen MR) is 67.6 cm³/mol. The third kappa shape index (κ3) is 1.84. The van der Waals surface area contributed by atoms with Crippen molar-refractivity contribution in [1.29, 1.82) is 0 Å². The van der Waals surface area contributed by atoms with Gasteiger partial charge in [0.15, 0.2) is 11.9 Å². The van der Waals surface area contributed by atoms with Crippen molar-refractivity contribution in [3.05, 3.63) is 29.8 Å². The Morgan fingerprint density at radius 2 is 2.28 bits per heavy atom. The van der Waals surface area contributed by atoms with Gasteiger partial charge in [-0.15, -0.1) is 11.3 Å². The first-order chi connectivity index (χ1) is 8.55. The summed E-state index contributed by atoms with van der Waals surface area (Å²) in [6.45, 7) is 0.316. The van der Waals surface area contributed by atoms with E-state index in [1.165, 1.54) is 23.5 Å². The summed E-state index contributed by atoms with van der Waals surface area (Å²) in [6, 6.07) is 4.56. The average molecular weight is 283 g/mol. The van der Waals surface area contributed by atoms with E-state index in [1.54, 1.807) is 12.3 Å². The molecule has 0 atom stereocenters. The van der Waals surface area contributed by atoms with Gasteiger partial charge in [-0.3, -0.25) is 4.90 Å². The standard InChI is InChI=1S/C10H9N3O3S2/c11-18(14,15)7-1-2-8-9(5-7)16-6-13(8)10-12-3-4-17-10/h1-5H,6H2,(H2,11,14,15). The summed E-state index contributed by atoms with van der Waals surface area (Å²) >= 11 is 1.49. The molecule has 1 aromatic heterocycles. The fourth-order valence-corrected chi connectivity index (χ4v) is 2.89. The molecule has 3 rings (SSSR count). The molecule has 1 aliphatic heterocycles. The summed E-state index contributed by atoms with van der Waals surface area (Å²) in [4.78, 5) is 6.10. The molecule has 1 aliphatic rings. The average Bonchev–Trinajstić information content (AvgIpc) is 2.95. The number of hydrogen-bond donors (Lipinski definition) is 1. The van der Waals surface area contributed by atoms with Crippen LogP contribution in [0.3, 0.4) is 0 Å². The van der Waals surface area contributed by atoms with Crippen molar-refractivity contribution in [2.45, 2.75) is 4.90 Å². The second-order valence-electron chi connectivity index (χ2n) is 3.69. The summed E-state index contributed by atoms with van der Waals surface area (Å²) in [7, 11) is -3.71. The molecule has 94 valence electrons. The Bertz CT molecular complexity index is 682. The zero-order chi connectivity index (χ0) is 12.8. The fraction of sp³-hybridized carbons (Fsp3) is 0.100. The van der Waals surface area contributed by atoms with Crippen LogP contribution in [0.25, 0.3) is 0 Å². The monoisotopic (exact) mass is 283 g/mol. The van der Waals surface area contributed by atoms with E-state index in [0.29, 0.717) is 12.5 Å². The number of anilines is 2. The maximum absolute atomic E-state index is 11.2. The Morgan fingerprint density at radius 3 is 2.94 bits per heavy atom. The molecule has 0 bridgehead atoms. The van der Waals surface area contributed by atoms with Crippen molar-refractivity contribution in [3.63, 3.8) is 0 Å². The van der Waals surface area contributed by atoms with Crippen molar-refractivity contribution in [1.82, 2.24) is 4.98 Å². The lowest BCUT2D eigenvalue weighted by Gasteiger charge is -2.11. The summed E-state index contributed by atoms with van der Waals surface area (Å²) in [6.07, 6.45) is 1.71. The first kappa shape index (κ1) is 11.5. The number of nitrogens with zero attached hydrogens (tertiary/aromatic N) is 2. The van der Waals surface area contributed by atoms with E-state index < -0.39 is 10.0 Å². The van der Waals surface area contributed by atoms with Crippen LogP contribution in [0.2, 0.25) is 0 Å². The minimum atomic E-state index is -3.71. The van der Waals surface area contributed by atoms with Crippen LogP contribution in [0, 0.1) is 0 Å². The number of primary sulfonamides is 1. The highest BCUT2D eigenvalue weighted by molar-refractivity contribution is 7.89. The highest BCUT2D eigenvalue weighted by Gasteiger charge is 2.25. The Labute approximate surface area is 108 Å². The number of fused-ring (bicyclic) bond motifs is 1. The molecule has 2 N–H and O–H groups in total. The zero-order valence-corrected chi connectivity index (χ0v) is 10.7. The third-order valence-corrected chi connectivity index (χ3v) is 4.26. The molecule has 0 radical (unpaired) electrons. The predicted octanol–water partition coefficient (Wildman–Crippen LogP) is 1.28. The second kappa shape index (κ2) is 3.94. The molecule has 0 saturated heterocycles. The molecule has 0 spiro atoms. The molecule has 0 unspecified atom stereocenters. The summed E-state index contributed by atoms with van der Waals surface area (Å²) < 4.78 is 27.9. The lowest BCUT2D eigenvalue weighted by molar-refractivity contribution is 0.357. The molecular formula is C10H9N3O3S2. The van der Waals surface area contributed by atoms with E-state index in [9.17, 15) is 8.42 Å². The van der Waals surface area contributed by atoms with Gasteiger partial charge < -0.3 is 4.74 Å². The van der Waals surface area contributed by atoms with Gasteiger partial charge in [-0.05, 0) is 12.1 Å². The molecular weight excluding hydrogens is 274 g/mol. The van der Waals surface area contributed by atoms with Crippen LogP contribution in [-0.4, -0.2) is 20.1 Å². The zero-order valence-electron chi connectivity index (χ0n) is 9.11. The maximum atomic E-state index is 11.2. The minimum absolute atomic E-state index is 0.0437. The first-order valence-corrected chi connectivity index (χ1v) is 7.45. The van der Waals surface area contributed by atoms with Gasteiger partial charge in [0.1, 0.15) is 5.75 Å². The maximum Gasteiger partial charge on any atom is 0.238 e. The summed E-state index contributed by atoms with van der Waals surface area (Å²) in [5, 5.41) is 7.74. The minimum Gasteiger partial charge on any atom is -0.470 e. The van der Waals surface area contributed by atoms with E-state index in [2.05, 4.69) is 4.98 Å². The Hall–Kier alpha value is -1.64. The fourth-order valence-electron chi connectivity index (χ4n) is 1.72. The van der Waals surface area contributed by atoms with Crippen LogP contribution in [0.15, 0.2) is 34.7 Å². The number of benzene rings is 1. The van der Waals surface area contributed by atoms with Crippen molar-refractivity contribution in [2.24, 2.45) is 5.14 Å². The lowest BCUT2D eigenvalue weighted by atomic mass is 10.3. The molecule has 2 heterocycles. The molecule has 0 saturated carbocycles. The molecule has 8 heteroatoms. The smallest absolute Gasteiger partial charge is 0.238 e. The van der Waals surface area contributed by atoms with Crippen LogP contribution in [0.4, 0.5) is 10.8 Å². The van der Waals surface area contributed by atoms with Gasteiger partial charge in [0, 0.05) is 17.6 Å². The Morgan fingerprint density at radius 1 is 1.44 bits per heavy atom. The number of rotatable bonds is 2. The largest absolute Gasteiger partial charge is 0.470 e. The molecule has 6 nitrogen and oxygen atoms in total. The molecule has 0 fully saturated rings. The molecule has 0 amide bonds. The van der Waals surface area contributed by atoms with Gasteiger partial charge in [-0.1, -0.05) is 0 Å². The van der Waals surface area contributed by atoms with Crippen molar-refractivity contribution in [2.75, 3.05) is 11.6 Å². The number of thiazole rings is 1. The summed E-state index contributed by atoms with van der Waals surface area (Å²) in [5.41, 5.74) is 0.789. The quantitative estimate of drug-likeness (QED) is 0.897. The molecule has 0 aliphatic carbocycles. The Balaban J connectivity index is 2.05. The van der Waals surface area contributed by atoms with Crippen LogP contribution in [-0.2, 0) is 10.0 Å². The number of hydrogen-bond acceptors (Lipinski definition) is 6. The van der Waals surface area contributed by atoms with Gasteiger partial charge in [-0.2, -0.15) is 0 Å². The van der Waals surface area contributed by atoms with Crippen LogP contribution >= 0.6 is 11.3 Å². The van der Waals surface area contributed by atoms with Crippen molar-refractivity contribution in [3.8, 4) is 5.75 Å². The van der Waals surface area contributed by atoms with E-state index in [0.717, 1.165) is 10.8 Å². The summed E-state index contributed by atoms with van der Waals surface area (Å²) in [5.74, 6) is 0.497. The van der Waals surface area contributed by atoms with Crippen LogP contribution in [0.5, 0.6) is 5.75 Å². The van der Waals surface area contributed by atoms with Gasteiger partial charge in [0.05, 0.1) is 10.6 Å². The number of aromatic nitrogens is 1. The van der Waals surface area contributed by atoms with E-state index in [1.807, 2.05) is 10.3 Å². The van der Waals surface area contributed by atoms with Crippen molar-refractivity contribution >= 4 is 32.2 Å². The first-order valence-electron chi connectivity index (χ1n) is 5.02. The SMILES string of the molecule is NS(=O)(=O)c1ccc2c(c1)OCN2c1nccs1. The van der Waals surface area contributed by atoms with Crippen LogP contribution < -0.4 is 14.8 Å². The second-order valence-corrected chi connectivity index (χ2v) is 6.13. The highest BCUT2D eigenvalue weighted by Crippen LogP contribution is 2.40. The van der Waals surface area contributed by atoms with E-state index in [4.69, 9.17) is 9.88 Å². The van der Waals surface area contributed by atoms with Gasteiger partial charge in [-0.25, -0.2) is 18.5 Å². The lowest BCUT2D eigenvalue weighted by Crippen LogP contribution is -2.15. The normalized spacial score (nSPS) is 14.4. The van der Waals surface area contributed by atoms with Crippen molar-refractivity contribution < 1.29 is 13.2 Å². The van der Waals surface area contributed by atoms with Gasteiger partial charge in [0.2, 0.25) is 10.0 Å². The molecule has 18 heavy (non-hydrogen) atoms. The molecule has 1 aromatic carbocycles. The topological polar surface area (TPSA) is 85.5 Å². The van der Waals surface area contributed by atoms with Crippen LogP contribution in [0.1, 0.15) is 0 Å². The number of ether oxygens (including phenoxy) is 1. The number of sulfonamides is 1. The Kier molecular flexibility index (Phi) is 2.51. The van der Waals surface area contributed by atoms with E-state index >= 15 is 0 Å².